The van der Waals surface area contributed by atoms with Gasteiger partial charge in [-0.2, -0.15) is 16.7 Å². The van der Waals surface area contributed by atoms with Crippen molar-refractivity contribution in [3.63, 3.8) is 0 Å². The lowest BCUT2D eigenvalue weighted by molar-refractivity contribution is 0.0939. The van der Waals surface area contributed by atoms with E-state index in [4.69, 9.17) is 4.52 Å². The lowest BCUT2D eigenvalue weighted by Crippen LogP contribution is -2.32. The molecule has 1 N–H and O–H groups in total. The lowest BCUT2D eigenvalue weighted by Gasteiger charge is -2.13. The van der Waals surface area contributed by atoms with E-state index in [-0.39, 0.29) is 11.9 Å². The summed E-state index contributed by atoms with van der Waals surface area (Å²) in [5.74, 6) is 2.78. The van der Waals surface area contributed by atoms with Crippen LogP contribution in [0.3, 0.4) is 0 Å². The van der Waals surface area contributed by atoms with Gasteiger partial charge in [-0.3, -0.25) is 4.79 Å². The molecule has 122 valence electrons. The number of carbonyl (C=O) groups excluding carboxylic acids is 1. The van der Waals surface area contributed by atoms with Gasteiger partial charge in [0.2, 0.25) is 0 Å². The zero-order chi connectivity index (χ0) is 16.2. The molecule has 0 aliphatic heterocycles. The number of benzene rings is 1. The van der Waals surface area contributed by atoms with Gasteiger partial charge in [0.1, 0.15) is 0 Å². The average Bonchev–Trinajstić information content (AvgIpc) is 3.30. The van der Waals surface area contributed by atoms with Gasteiger partial charge >= 0.3 is 0 Å². The van der Waals surface area contributed by atoms with E-state index < -0.39 is 0 Å². The first kappa shape index (κ1) is 16.1. The van der Waals surface area contributed by atoms with Gasteiger partial charge in [-0.05, 0) is 62.5 Å². The third-order valence-electron chi connectivity index (χ3n) is 3.91. The normalized spacial score (nSPS) is 15.4. The summed E-state index contributed by atoms with van der Waals surface area (Å²) in [6.45, 7) is 2.03. The van der Waals surface area contributed by atoms with Gasteiger partial charge < -0.3 is 9.84 Å². The molecule has 0 bridgehead atoms. The average molecular weight is 331 g/mol. The predicted molar refractivity (Wildman–Crippen MR) is 91.6 cm³/mol. The number of aromatic nitrogens is 2. The zero-order valence-corrected chi connectivity index (χ0v) is 14.2. The predicted octanol–water partition coefficient (Wildman–Crippen LogP) is 3.49. The smallest absolute Gasteiger partial charge is 0.257 e. The number of rotatable bonds is 7. The molecule has 6 heteroatoms. The third kappa shape index (κ3) is 4.13. The molecule has 1 fully saturated rings. The van der Waals surface area contributed by atoms with Crippen LogP contribution >= 0.6 is 11.8 Å². The minimum Gasteiger partial charge on any atom is -0.350 e. The minimum atomic E-state index is -0.0469. The van der Waals surface area contributed by atoms with Crippen LogP contribution in [0.2, 0.25) is 0 Å². The van der Waals surface area contributed by atoms with Gasteiger partial charge in [0, 0.05) is 23.1 Å². The van der Waals surface area contributed by atoms with Crippen molar-refractivity contribution < 1.29 is 9.32 Å². The highest BCUT2D eigenvalue weighted by atomic mass is 32.2. The number of hydrogen-bond donors (Lipinski definition) is 1. The number of amides is 1. The minimum absolute atomic E-state index is 0.0469. The van der Waals surface area contributed by atoms with E-state index in [1.807, 2.05) is 19.1 Å². The van der Waals surface area contributed by atoms with E-state index in [9.17, 15) is 4.79 Å². The van der Waals surface area contributed by atoms with E-state index in [1.165, 1.54) is 0 Å². The van der Waals surface area contributed by atoms with Gasteiger partial charge in [-0.15, -0.1) is 0 Å². The molecule has 1 saturated carbocycles. The molecule has 0 radical (unpaired) electrons. The lowest BCUT2D eigenvalue weighted by atomic mass is 10.1. The maximum atomic E-state index is 12.2. The number of nitrogens with zero attached hydrogens (tertiary/aromatic N) is 2. The molecular formula is C17H21N3O2S. The van der Waals surface area contributed by atoms with Crippen molar-refractivity contribution in [3.8, 4) is 11.5 Å². The van der Waals surface area contributed by atoms with E-state index >= 15 is 0 Å². The highest BCUT2D eigenvalue weighted by Crippen LogP contribution is 2.38. The molecule has 1 heterocycles. The van der Waals surface area contributed by atoms with Gasteiger partial charge in [-0.25, -0.2) is 0 Å². The molecule has 2 aromatic rings. The molecule has 0 saturated heterocycles. The van der Waals surface area contributed by atoms with E-state index in [2.05, 4.69) is 21.7 Å². The van der Waals surface area contributed by atoms with E-state index in [1.54, 1.807) is 23.9 Å². The molecule has 1 amide bonds. The second kappa shape index (κ2) is 7.17. The molecule has 1 aromatic carbocycles. The topological polar surface area (TPSA) is 68.0 Å². The monoisotopic (exact) mass is 331 g/mol. The Bertz CT molecular complexity index is 665. The molecular weight excluding hydrogens is 310 g/mol. The molecule has 0 spiro atoms. The highest BCUT2D eigenvalue weighted by molar-refractivity contribution is 7.98. The Kier molecular flexibility index (Phi) is 5.00. The Morgan fingerprint density at radius 3 is 2.78 bits per heavy atom. The summed E-state index contributed by atoms with van der Waals surface area (Å²) >= 11 is 1.79. The number of thioether (sulfide) groups is 1. The molecule has 0 unspecified atom stereocenters. The fourth-order valence-electron chi connectivity index (χ4n) is 2.30. The Balaban J connectivity index is 1.62. The largest absolute Gasteiger partial charge is 0.350 e. The van der Waals surface area contributed by atoms with Crippen LogP contribution in [0.25, 0.3) is 11.5 Å². The third-order valence-corrected chi connectivity index (χ3v) is 4.55. The number of carbonyl (C=O) groups is 1. The van der Waals surface area contributed by atoms with Crippen LogP contribution in [-0.4, -0.2) is 34.1 Å². The van der Waals surface area contributed by atoms with Crippen LogP contribution in [0.15, 0.2) is 28.8 Å². The van der Waals surface area contributed by atoms with Gasteiger partial charge in [-0.1, -0.05) is 5.16 Å². The molecule has 1 aromatic heterocycles. The van der Waals surface area contributed by atoms with Gasteiger partial charge in [0.05, 0.1) is 0 Å². The van der Waals surface area contributed by atoms with Crippen LogP contribution in [-0.2, 0) is 0 Å². The quantitative estimate of drug-likeness (QED) is 0.841. The zero-order valence-electron chi connectivity index (χ0n) is 13.4. The van der Waals surface area contributed by atoms with Crippen molar-refractivity contribution in [2.45, 2.75) is 38.1 Å². The summed E-state index contributed by atoms with van der Waals surface area (Å²) < 4.78 is 5.30. The van der Waals surface area contributed by atoms with Crippen LogP contribution in [0, 0.1) is 0 Å². The summed E-state index contributed by atoms with van der Waals surface area (Å²) in [6.07, 6.45) is 5.33. The molecule has 5 nitrogen and oxygen atoms in total. The molecule has 1 atom stereocenters. The number of nitrogens with one attached hydrogen (secondary N) is 1. The van der Waals surface area contributed by atoms with Crippen molar-refractivity contribution in [1.29, 1.82) is 0 Å². The van der Waals surface area contributed by atoms with E-state index in [0.717, 1.165) is 36.4 Å². The van der Waals surface area contributed by atoms with Crippen molar-refractivity contribution >= 4 is 17.7 Å². The molecule has 3 rings (SSSR count). The van der Waals surface area contributed by atoms with Crippen LogP contribution < -0.4 is 5.32 Å². The Morgan fingerprint density at radius 2 is 2.13 bits per heavy atom. The fourth-order valence-corrected chi connectivity index (χ4v) is 2.89. The van der Waals surface area contributed by atoms with Gasteiger partial charge in [0.25, 0.3) is 11.8 Å². The second-order valence-electron chi connectivity index (χ2n) is 5.97. The summed E-state index contributed by atoms with van der Waals surface area (Å²) in [5, 5.41) is 7.03. The van der Waals surface area contributed by atoms with Gasteiger partial charge in [0.15, 0.2) is 5.82 Å². The van der Waals surface area contributed by atoms with Crippen LogP contribution in [0.1, 0.15) is 48.3 Å². The SMILES string of the molecule is CSCC[C@@H](C)NC(=O)c1ccc(-c2nc(C3CC3)no2)cc1. The molecule has 1 aliphatic carbocycles. The van der Waals surface area contributed by atoms with Crippen molar-refractivity contribution in [2.24, 2.45) is 0 Å². The molecule has 23 heavy (non-hydrogen) atoms. The standard InChI is InChI=1S/C17H21N3O2S/c1-11(9-10-23-2)18-16(21)13-5-7-14(8-6-13)17-19-15(20-22-17)12-3-4-12/h5-8,11-12H,3-4,9-10H2,1-2H3,(H,18,21)/t11-/m1/s1. The summed E-state index contributed by atoms with van der Waals surface area (Å²) in [7, 11) is 0. The summed E-state index contributed by atoms with van der Waals surface area (Å²) in [5.41, 5.74) is 1.49. The Morgan fingerprint density at radius 1 is 1.39 bits per heavy atom. The fraction of sp³-hybridized carbons (Fsp3) is 0.471. The van der Waals surface area contributed by atoms with Crippen molar-refractivity contribution in [1.82, 2.24) is 15.5 Å². The van der Waals surface area contributed by atoms with Crippen molar-refractivity contribution in [3.05, 3.63) is 35.7 Å². The summed E-state index contributed by atoms with van der Waals surface area (Å²) in [4.78, 5) is 16.6. The Labute approximate surface area is 140 Å². The Hall–Kier alpha value is -1.82. The maximum Gasteiger partial charge on any atom is 0.257 e. The maximum absolute atomic E-state index is 12.2. The van der Waals surface area contributed by atoms with E-state index in [0.29, 0.717) is 17.4 Å². The first-order chi connectivity index (χ1) is 11.2. The molecule has 1 aliphatic rings. The highest BCUT2D eigenvalue weighted by Gasteiger charge is 2.28. The van der Waals surface area contributed by atoms with Crippen LogP contribution in [0.4, 0.5) is 0 Å². The van der Waals surface area contributed by atoms with Crippen molar-refractivity contribution in [2.75, 3.05) is 12.0 Å². The summed E-state index contributed by atoms with van der Waals surface area (Å²) in [6, 6.07) is 7.48. The second-order valence-corrected chi connectivity index (χ2v) is 6.95. The first-order valence-corrected chi connectivity index (χ1v) is 9.30. The number of hydrogen-bond acceptors (Lipinski definition) is 5. The van der Waals surface area contributed by atoms with Crippen LogP contribution in [0.5, 0.6) is 0 Å². The first-order valence-electron chi connectivity index (χ1n) is 7.91.